The Hall–Kier alpha value is -1.08. The number of hydrogen-bond acceptors (Lipinski definition) is 4. The minimum absolute atomic E-state index is 0. The molecule has 0 fully saturated rings. The number of carbonyl (C=O) groups excluding carboxylic acids is 1. The van der Waals surface area contributed by atoms with Gasteiger partial charge in [0.05, 0.1) is 10.5 Å². The molecule has 2 N–H and O–H groups in total. The lowest BCUT2D eigenvalue weighted by Crippen LogP contribution is -2.36. The molecule has 2 heterocycles. The topological polar surface area (TPSA) is 59.0 Å². The van der Waals surface area contributed by atoms with E-state index in [9.17, 15) is 4.79 Å². The van der Waals surface area contributed by atoms with Crippen LogP contribution in [-0.2, 0) is 18.3 Å². The summed E-state index contributed by atoms with van der Waals surface area (Å²) in [6.45, 7) is 0.591. The van der Waals surface area contributed by atoms with Crippen LogP contribution in [-0.4, -0.2) is 29.3 Å². The van der Waals surface area contributed by atoms with Gasteiger partial charge in [0.25, 0.3) is 0 Å². The van der Waals surface area contributed by atoms with Gasteiger partial charge in [-0.05, 0) is 25.6 Å². The van der Waals surface area contributed by atoms with Gasteiger partial charge >= 0.3 is 0 Å². The molecular formula is C13H18Cl2N4OS. The largest absolute Gasteiger partial charge is 0.354 e. The fourth-order valence-electron chi connectivity index (χ4n) is 1.94. The normalized spacial score (nSPS) is 11.8. The first-order chi connectivity index (χ1) is 9.60. The van der Waals surface area contributed by atoms with Crippen molar-refractivity contribution >= 4 is 41.3 Å². The third-order valence-electron chi connectivity index (χ3n) is 2.91. The van der Waals surface area contributed by atoms with Crippen molar-refractivity contribution in [1.29, 1.82) is 0 Å². The summed E-state index contributed by atoms with van der Waals surface area (Å²) in [4.78, 5) is 13.3. The van der Waals surface area contributed by atoms with Gasteiger partial charge in [0.1, 0.15) is 6.04 Å². The van der Waals surface area contributed by atoms with Crippen molar-refractivity contribution in [3.63, 3.8) is 0 Å². The summed E-state index contributed by atoms with van der Waals surface area (Å²) in [6.07, 6.45) is 4.31. The van der Waals surface area contributed by atoms with Crippen molar-refractivity contribution < 1.29 is 4.79 Å². The number of nitrogens with one attached hydrogen (secondary N) is 2. The molecule has 2 rings (SSSR count). The van der Waals surface area contributed by atoms with Crippen LogP contribution >= 0.6 is 35.3 Å². The van der Waals surface area contributed by atoms with E-state index >= 15 is 0 Å². The fourth-order valence-corrected chi connectivity index (χ4v) is 3.02. The van der Waals surface area contributed by atoms with Crippen molar-refractivity contribution in [3.8, 4) is 0 Å². The molecule has 0 spiro atoms. The summed E-state index contributed by atoms with van der Waals surface area (Å²) < 4.78 is 2.45. The van der Waals surface area contributed by atoms with Gasteiger partial charge in [-0.25, -0.2) is 0 Å². The molecule has 1 amide bonds. The summed E-state index contributed by atoms with van der Waals surface area (Å²) in [7, 11) is 3.59. The van der Waals surface area contributed by atoms with Crippen LogP contribution < -0.4 is 10.6 Å². The fraction of sp³-hybridized carbons (Fsp3) is 0.385. The summed E-state index contributed by atoms with van der Waals surface area (Å²) in [5.41, 5.74) is 0.853. The molecule has 0 radical (unpaired) electrons. The number of hydrogen-bond donors (Lipinski definition) is 2. The summed E-state index contributed by atoms with van der Waals surface area (Å²) in [6, 6.07) is 3.47. The zero-order valence-electron chi connectivity index (χ0n) is 11.8. The highest BCUT2D eigenvalue weighted by Gasteiger charge is 2.19. The van der Waals surface area contributed by atoms with Crippen LogP contribution in [0.2, 0.25) is 4.34 Å². The molecule has 0 aliphatic heterocycles. The highest BCUT2D eigenvalue weighted by Crippen LogP contribution is 2.21. The van der Waals surface area contributed by atoms with Gasteiger partial charge in [-0.1, -0.05) is 11.6 Å². The van der Waals surface area contributed by atoms with Gasteiger partial charge in [0.2, 0.25) is 5.91 Å². The van der Waals surface area contributed by atoms with Crippen LogP contribution in [0.1, 0.15) is 16.5 Å². The van der Waals surface area contributed by atoms with E-state index in [1.165, 1.54) is 11.3 Å². The SMILES string of the molecule is CNC(C(=O)NCCc1ccc(Cl)s1)c1cnn(C)c1.Cl. The quantitative estimate of drug-likeness (QED) is 0.840. The standard InChI is InChI=1S/C13H17ClN4OS.ClH/c1-15-12(9-7-17-18(2)8-9)13(19)16-6-5-10-3-4-11(14)20-10;/h3-4,7-8,12,15H,5-6H2,1-2H3,(H,16,19);1H. The molecule has 21 heavy (non-hydrogen) atoms. The Labute approximate surface area is 139 Å². The Morgan fingerprint density at radius 1 is 1.52 bits per heavy atom. The molecule has 5 nitrogen and oxygen atoms in total. The Kier molecular flexibility index (Phi) is 7.17. The molecule has 0 aromatic carbocycles. The summed E-state index contributed by atoms with van der Waals surface area (Å²) in [5, 5.41) is 10.0. The second-order valence-corrected chi connectivity index (χ2v) is 6.22. The van der Waals surface area contributed by atoms with Crippen LogP contribution in [0.15, 0.2) is 24.5 Å². The molecular weight excluding hydrogens is 331 g/mol. The van der Waals surface area contributed by atoms with Crippen molar-refractivity contribution in [3.05, 3.63) is 39.3 Å². The number of thiophene rings is 1. The number of carbonyl (C=O) groups is 1. The van der Waals surface area contributed by atoms with Gasteiger partial charge in [-0.3, -0.25) is 9.48 Å². The van der Waals surface area contributed by atoms with E-state index in [-0.39, 0.29) is 24.4 Å². The number of likely N-dealkylation sites (N-methyl/N-ethyl adjacent to an activating group) is 1. The molecule has 116 valence electrons. The zero-order chi connectivity index (χ0) is 14.5. The maximum atomic E-state index is 12.1. The first-order valence-corrected chi connectivity index (χ1v) is 7.47. The molecule has 0 bridgehead atoms. The Bertz CT molecular complexity index is 584. The second-order valence-electron chi connectivity index (χ2n) is 4.42. The molecule has 0 aliphatic carbocycles. The number of aryl methyl sites for hydroxylation is 1. The number of halogens is 2. The number of aromatic nitrogens is 2. The number of nitrogens with zero attached hydrogens (tertiary/aromatic N) is 2. The van der Waals surface area contributed by atoms with Gasteiger partial charge in [-0.15, -0.1) is 23.7 Å². The van der Waals surface area contributed by atoms with E-state index in [0.717, 1.165) is 21.2 Å². The minimum atomic E-state index is -0.379. The van der Waals surface area contributed by atoms with E-state index in [1.54, 1.807) is 17.9 Å². The van der Waals surface area contributed by atoms with Crippen LogP contribution in [0.3, 0.4) is 0 Å². The molecule has 1 unspecified atom stereocenters. The monoisotopic (exact) mass is 348 g/mol. The second kappa shape index (κ2) is 8.38. The van der Waals surface area contributed by atoms with Gasteiger partial charge in [-0.2, -0.15) is 5.10 Å². The maximum absolute atomic E-state index is 12.1. The molecule has 1 atom stereocenters. The average molecular weight is 349 g/mol. The molecule has 0 saturated heterocycles. The molecule has 0 aliphatic rings. The lowest BCUT2D eigenvalue weighted by Gasteiger charge is -2.14. The van der Waals surface area contributed by atoms with Gasteiger partial charge in [0.15, 0.2) is 0 Å². The van der Waals surface area contributed by atoms with E-state index in [0.29, 0.717) is 6.54 Å². The Morgan fingerprint density at radius 3 is 2.81 bits per heavy atom. The summed E-state index contributed by atoms with van der Waals surface area (Å²) in [5.74, 6) is -0.0526. The predicted octanol–water partition coefficient (Wildman–Crippen LogP) is 2.18. The van der Waals surface area contributed by atoms with Crippen molar-refractivity contribution in [2.24, 2.45) is 7.05 Å². The first kappa shape index (κ1) is 18.0. The lowest BCUT2D eigenvalue weighted by molar-refractivity contribution is -0.123. The van der Waals surface area contributed by atoms with Crippen molar-refractivity contribution in [2.75, 3.05) is 13.6 Å². The van der Waals surface area contributed by atoms with Gasteiger partial charge < -0.3 is 10.6 Å². The Morgan fingerprint density at radius 2 is 2.29 bits per heavy atom. The minimum Gasteiger partial charge on any atom is -0.354 e. The number of amides is 1. The molecule has 2 aromatic heterocycles. The van der Waals surface area contributed by atoms with Crippen molar-refractivity contribution in [2.45, 2.75) is 12.5 Å². The van der Waals surface area contributed by atoms with Crippen LogP contribution in [0.5, 0.6) is 0 Å². The van der Waals surface area contributed by atoms with Crippen LogP contribution in [0.4, 0.5) is 0 Å². The highest BCUT2D eigenvalue weighted by atomic mass is 35.5. The molecule has 0 saturated carbocycles. The average Bonchev–Trinajstić information content (AvgIpc) is 3.00. The van der Waals surface area contributed by atoms with E-state index in [2.05, 4.69) is 15.7 Å². The van der Waals surface area contributed by atoms with Crippen molar-refractivity contribution in [1.82, 2.24) is 20.4 Å². The van der Waals surface area contributed by atoms with E-state index in [1.807, 2.05) is 25.4 Å². The predicted molar refractivity (Wildman–Crippen MR) is 88.3 cm³/mol. The maximum Gasteiger partial charge on any atom is 0.241 e. The lowest BCUT2D eigenvalue weighted by atomic mass is 10.1. The summed E-state index contributed by atoms with van der Waals surface area (Å²) >= 11 is 7.41. The van der Waals surface area contributed by atoms with E-state index in [4.69, 9.17) is 11.6 Å². The molecule has 2 aromatic rings. The first-order valence-electron chi connectivity index (χ1n) is 6.28. The highest BCUT2D eigenvalue weighted by molar-refractivity contribution is 7.16. The van der Waals surface area contributed by atoms with E-state index < -0.39 is 0 Å². The number of rotatable bonds is 6. The Balaban J connectivity index is 0.00000220. The van der Waals surface area contributed by atoms with Gasteiger partial charge in [0, 0.05) is 30.2 Å². The third kappa shape index (κ3) is 5.00. The molecule has 8 heteroatoms. The van der Waals surface area contributed by atoms with Crippen LogP contribution in [0.25, 0.3) is 0 Å². The third-order valence-corrected chi connectivity index (χ3v) is 4.20. The van der Waals surface area contributed by atoms with Crippen LogP contribution in [0, 0.1) is 0 Å². The zero-order valence-corrected chi connectivity index (χ0v) is 14.2. The smallest absolute Gasteiger partial charge is 0.241 e.